The Labute approximate surface area is 87.7 Å². The zero-order valence-electron chi connectivity index (χ0n) is 8.44. The third-order valence-electron chi connectivity index (χ3n) is 3.09. The molecule has 5 heteroatoms. The topological polar surface area (TPSA) is 92.0 Å². The van der Waals surface area contributed by atoms with E-state index in [1.165, 1.54) is 0 Å². The van der Waals surface area contributed by atoms with E-state index in [2.05, 4.69) is 10.2 Å². The molecule has 1 aromatic rings. The van der Waals surface area contributed by atoms with Crippen LogP contribution in [0.3, 0.4) is 0 Å². The number of rotatable bonds is 3. The monoisotopic (exact) mass is 209 g/mol. The first-order valence-corrected chi connectivity index (χ1v) is 5.22. The quantitative estimate of drug-likeness (QED) is 0.700. The van der Waals surface area contributed by atoms with E-state index in [4.69, 9.17) is 5.73 Å². The van der Waals surface area contributed by atoms with Crippen LogP contribution in [-0.4, -0.2) is 21.3 Å². The number of hydrogen-bond donors (Lipinski definition) is 3. The minimum absolute atomic E-state index is 0.224. The molecular formula is C10H15N3O2. The summed E-state index contributed by atoms with van der Waals surface area (Å²) in [7, 11) is 0. The van der Waals surface area contributed by atoms with E-state index in [9.17, 15) is 9.90 Å². The average Bonchev–Trinajstić information content (AvgIpc) is 2.77. The van der Waals surface area contributed by atoms with Crippen LogP contribution in [0, 0.1) is 5.92 Å². The van der Waals surface area contributed by atoms with Crippen LogP contribution in [0.2, 0.25) is 0 Å². The summed E-state index contributed by atoms with van der Waals surface area (Å²) < 4.78 is 0. The highest BCUT2D eigenvalue weighted by molar-refractivity contribution is 5.76. The van der Waals surface area contributed by atoms with Gasteiger partial charge in [-0.3, -0.25) is 9.89 Å². The van der Waals surface area contributed by atoms with E-state index in [1.54, 1.807) is 6.07 Å². The molecule has 15 heavy (non-hydrogen) atoms. The first-order valence-electron chi connectivity index (χ1n) is 5.22. The summed E-state index contributed by atoms with van der Waals surface area (Å²) in [6.07, 6.45) is 4.21. The molecule has 1 saturated carbocycles. The molecule has 1 unspecified atom stereocenters. The van der Waals surface area contributed by atoms with Crippen molar-refractivity contribution in [2.45, 2.75) is 31.6 Å². The molecule has 2 rings (SSSR count). The Morgan fingerprint density at radius 2 is 2.27 bits per heavy atom. The highest BCUT2D eigenvalue weighted by Gasteiger charge is 2.33. The van der Waals surface area contributed by atoms with Crippen LogP contribution < -0.4 is 5.73 Å². The van der Waals surface area contributed by atoms with Crippen molar-refractivity contribution in [3.05, 3.63) is 11.8 Å². The van der Waals surface area contributed by atoms with E-state index in [-0.39, 0.29) is 5.92 Å². The van der Waals surface area contributed by atoms with Crippen LogP contribution in [0.5, 0.6) is 0 Å². The van der Waals surface area contributed by atoms with Gasteiger partial charge in [0, 0.05) is 6.07 Å². The SMILES string of the molecule is Nc1cc(C(C(=O)O)C2CCCC2)[nH]n1. The lowest BCUT2D eigenvalue weighted by Crippen LogP contribution is -2.20. The Bertz CT molecular complexity index is 355. The molecule has 4 N–H and O–H groups in total. The third kappa shape index (κ3) is 1.95. The molecule has 1 atom stereocenters. The standard InChI is InChI=1S/C10H15N3O2/c11-8-5-7(12-13-8)9(10(14)15)6-3-1-2-4-6/h5-6,9H,1-4H2,(H,14,15)(H3,11,12,13). The maximum absolute atomic E-state index is 11.2. The zero-order chi connectivity index (χ0) is 10.8. The zero-order valence-corrected chi connectivity index (χ0v) is 8.44. The molecule has 0 amide bonds. The fourth-order valence-corrected chi connectivity index (χ4v) is 2.39. The van der Waals surface area contributed by atoms with Crippen molar-refractivity contribution in [3.8, 4) is 0 Å². The van der Waals surface area contributed by atoms with Gasteiger partial charge >= 0.3 is 5.97 Å². The number of carboxylic acid groups (broad SMARTS) is 1. The Balaban J connectivity index is 2.22. The van der Waals surface area contributed by atoms with Gasteiger partial charge in [0.05, 0.1) is 5.69 Å². The van der Waals surface area contributed by atoms with E-state index >= 15 is 0 Å². The molecule has 0 aliphatic heterocycles. The van der Waals surface area contributed by atoms with Gasteiger partial charge in [-0.25, -0.2) is 0 Å². The minimum atomic E-state index is -0.787. The summed E-state index contributed by atoms with van der Waals surface area (Å²) >= 11 is 0. The second-order valence-electron chi connectivity index (χ2n) is 4.11. The fraction of sp³-hybridized carbons (Fsp3) is 0.600. The summed E-state index contributed by atoms with van der Waals surface area (Å²) in [5.41, 5.74) is 6.11. The number of anilines is 1. The summed E-state index contributed by atoms with van der Waals surface area (Å²) in [5.74, 6) is -0.681. The van der Waals surface area contributed by atoms with Gasteiger partial charge in [-0.2, -0.15) is 5.10 Å². The second kappa shape index (κ2) is 3.92. The van der Waals surface area contributed by atoms with Crippen molar-refractivity contribution < 1.29 is 9.90 Å². The highest BCUT2D eigenvalue weighted by atomic mass is 16.4. The molecule has 5 nitrogen and oxygen atoms in total. The molecule has 82 valence electrons. The van der Waals surface area contributed by atoms with Crippen molar-refractivity contribution in [2.24, 2.45) is 5.92 Å². The van der Waals surface area contributed by atoms with Crippen LogP contribution in [0.25, 0.3) is 0 Å². The summed E-state index contributed by atoms with van der Waals surface area (Å²) in [4.78, 5) is 11.2. The molecular weight excluding hydrogens is 194 g/mol. The number of H-pyrrole nitrogens is 1. The van der Waals surface area contributed by atoms with Crippen LogP contribution in [-0.2, 0) is 4.79 Å². The number of hydrogen-bond acceptors (Lipinski definition) is 3. The van der Waals surface area contributed by atoms with Crippen LogP contribution in [0.1, 0.15) is 37.3 Å². The fourth-order valence-electron chi connectivity index (χ4n) is 2.39. The second-order valence-corrected chi connectivity index (χ2v) is 4.11. The Morgan fingerprint density at radius 3 is 2.73 bits per heavy atom. The van der Waals surface area contributed by atoms with Gasteiger partial charge in [-0.05, 0) is 18.8 Å². The Hall–Kier alpha value is -1.52. The van der Waals surface area contributed by atoms with Gasteiger partial charge in [-0.1, -0.05) is 12.8 Å². The molecule has 0 spiro atoms. The lowest BCUT2D eigenvalue weighted by Gasteiger charge is -2.17. The van der Waals surface area contributed by atoms with Crippen molar-refractivity contribution >= 4 is 11.8 Å². The van der Waals surface area contributed by atoms with E-state index < -0.39 is 11.9 Å². The number of carbonyl (C=O) groups is 1. The van der Waals surface area contributed by atoms with Gasteiger partial charge in [0.25, 0.3) is 0 Å². The first kappa shape index (κ1) is 10.0. The highest BCUT2D eigenvalue weighted by Crippen LogP contribution is 2.37. The van der Waals surface area contributed by atoms with Gasteiger partial charge < -0.3 is 10.8 Å². The van der Waals surface area contributed by atoms with Gasteiger partial charge in [-0.15, -0.1) is 0 Å². The van der Waals surface area contributed by atoms with Crippen molar-refractivity contribution in [2.75, 3.05) is 5.73 Å². The molecule has 1 aliphatic rings. The van der Waals surface area contributed by atoms with Crippen molar-refractivity contribution in [1.82, 2.24) is 10.2 Å². The number of aromatic amines is 1. The van der Waals surface area contributed by atoms with Gasteiger partial charge in [0.15, 0.2) is 0 Å². The number of aromatic nitrogens is 2. The van der Waals surface area contributed by atoms with Gasteiger partial charge in [0.2, 0.25) is 0 Å². The Kier molecular flexibility index (Phi) is 2.62. The number of nitrogen functional groups attached to an aromatic ring is 1. The van der Waals surface area contributed by atoms with E-state index in [1.807, 2.05) is 0 Å². The van der Waals surface area contributed by atoms with Crippen LogP contribution >= 0.6 is 0 Å². The summed E-state index contributed by atoms with van der Waals surface area (Å²) in [5, 5.41) is 15.7. The smallest absolute Gasteiger partial charge is 0.312 e. The molecule has 0 aromatic carbocycles. The number of nitrogens with two attached hydrogens (primary N) is 1. The summed E-state index contributed by atoms with van der Waals surface area (Å²) in [6, 6.07) is 1.62. The maximum atomic E-state index is 11.2. The molecule has 1 heterocycles. The first-order chi connectivity index (χ1) is 7.18. The average molecular weight is 209 g/mol. The predicted molar refractivity (Wildman–Crippen MR) is 55.3 cm³/mol. The lowest BCUT2D eigenvalue weighted by molar-refractivity contribution is -0.140. The molecule has 0 radical (unpaired) electrons. The lowest BCUT2D eigenvalue weighted by atomic mass is 9.88. The maximum Gasteiger partial charge on any atom is 0.312 e. The minimum Gasteiger partial charge on any atom is -0.481 e. The van der Waals surface area contributed by atoms with Crippen LogP contribution in [0.15, 0.2) is 6.07 Å². The predicted octanol–water partition coefficient (Wildman–Crippen LogP) is 1.35. The molecule has 0 saturated heterocycles. The third-order valence-corrected chi connectivity index (χ3v) is 3.09. The molecule has 1 aromatic heterocycles. The summed E-state index contributed by atoms with van der Waals surface area (Å²) in [6.45, 7) is 0. The molecule has 1 fully saturated rings. The van der Waals surface area contributed by atoms with E-state index in [0.29, 0.717) is 11.5 Å². The number of carboxylic acids is 1. The van der Waals surface area contributed by atoms with Gasteiger partial charge in [0.1, 0.15) is 11.7 Å². The number of nitrogens with one attached hydrogen (secondary N) is 1. The largest absolute Gasteiger partial charge is 0.481 e. The molecule has 1 aliphatic carbocycles. The van der Waals surface area contributed by atoms with Crippen molar-refractivity contribution in [1.29, 1.82) is 0 Å². The number of aliphatic carboxylic acids is 1. The van der Waals surface area contributed by atoms with Crippen molar-refractivity contribution in [3.63, 3.8) is 0 Å². The normalized spacial score (nSPS) is 19.2. The number of nitrogens with zero attached hydrogens (tertiary/aromatic N) is 1. The molecule has 0 bridgehead atoms. The van der Waals surface area contributed by atoms with E-state index in [0.717, 1.165) is 25.7 Å². The van der Waals surface area contributed by atoms with Crippen LogP contribution in [0.4, 0.5) is 5.82 Å². The Morgan fingerprint density at radius 1 is 1.60 bits per heavy atom.